The van der Waals surface area contributed by atoms with Crippen molar-refractivity contribution in [3.63, 3.8) is 0 Å². The van der Waals surface area contributed by atoms with Gasteiger partial charge in [-0.2, -0.15) is 4.39 Å². The predicted molar refractivity (Wildman–Crippen MR) is 103 cm³/mol. The minimum absolute atomic E-state index is 0.00861. The Morgan fingerprint density at radius 1 is 1.18 bits per heavy atom. The highest BCUT2D eigenvalue weighted by Crippen LogP contribution is 2.22. The van der Waals surface area contributed by atoms with E-state index in [0.717, 1.165) is 23.6 Å². The maximum absolute atomic E-state index is 13.4. The molecule has 1 amide bonds. The molecule has 1 N–H and O–H groups in total. The van der Waals surface area contributed by atoms with Crippen LogP contribution in [-0.4, -0.2) is 55.6 Å². The molecule has 0 aliphatic carbocycles. The number of nitro benzene ring substituents is 1. The van der Waals surface area contributed by atoms with Crippen molar-refractivity contribution in [2.75, 3.05) is 50.1 Å². The minimum Gasteiger partial charge on any atom is -0.497 e. The minimum atomic E-state index is -0.906. The van der Waals surface area contributed by atoms with Gasteiger partial charge in [0.15, 0.2) is 0 Å². The molecule has 1 heterocycles. The molecule has 0 saturated carbocycles. The van der Waals surface area contributed by atoms with Crippen LogP contribution in [0.4, 0.5) is 21.5 Å². The van der Waals surface area contributed by atoms with Gasteiger partial charge in [0.2, 0.25) is 11.7 Å². The Hall–Kier alpha value is -3.36. The maximum atomic E-state index is 13.4. The van der Waals surface area contributed by atoms with Gasteiger partial charge in [-0.15, -0.1) is 0 Å². The first-order chi connectivity index (χ1) is 13.5. The van der Waals surface area contributed by atoms with Gasteiger partial charge in [0.05, 0.1) is 18.6 Å². The summed E-state index contributed by atoms with van der Waals surface area (Å²) in [6.45, 7) is 2.57. The highest BCUT2D eigenvalue weighted by atomic mass is 19.1. The molecule has 0 atom stereocenters. The quantitative estimate of drug-likeness (QED) is 0.604. The molecule has 1 aliphatic heterocycles. The number of halogens is 1. The molecule has 2 aromatic carbocycles. The number of hydrogen-bond donors (Lipinski definition) is 1. The number of amides is 1. The van der Waals surface area contributed by atoms with Crippen molar-refractivity contribution in [3.8, 4) is 5.75 Å². The molecular weight excluding hydrogens is 367 g/mol. The van der Waals surface area contributed by atoms with Crippen molar-refractivity contribution in [1.29, 1.82) is 0 Å². The van der Waals surface area contributed by atoms with Gasteiger partial charge in [0, 0.05) is 43.6 Å². The van der Waals surface area contributed by atoms with Crippen LogP contribution in [-0.2, 0) is 4.79 Å². The molecule has 2 aromatic rings. The standard InChI is InChI=1S/C19H21FN4O4/c1-28-16-5-3-15(4-6-16)22-8-10-23(11-9-22)19(25)13-21-14-2-7-17(20)18(12-14)24(26)27/h2-7,12,21H,8-11,13H2,1H3. The normalized spacial score (nSPS) is 13.9. The van der Waals surface area contributed by atoms with Crippen LogP contribution in [0, 0.1) is 15.9 Å². The number of nitrogens with one attached hydrogen (secondary N) is 1. The van der Waals surface area contributed by atoms with Crippen molar-refractivity contribution in [2.24, 2.45) is 0 Å². The molecule has 0 unspecified atom stereocenters. The van der Waals surface area contributed by atoms with E-state index in [1.807, 2.05) is 24.3 Å². The lowest BCUT2D eigenvalue weighted by molar-refractivity contribution is -0.387. The van der Waals surface area contributed by atoms with Gasteiger partial charge in [-0.1, -0.05) is 0 Å². The maximum Gasteiger partial charge on any atom is 0.306 e. The summed E-state index contributed by atoms with van der Waals surface area (Å²) in [4.78, 5) is 26.3. The highest BCUT2D eigenvalue weighted by molar-refractivity contribution is 5.81. The molecule has 9 heteroatoms. The number of carbonyl (C=O) groups is 1. The predicted octanol–water partition coefficient (Wildman–Crippen LogP) is 2.50. The van der Waals surface area contributed by atoms with E-state index in [-0.39, 0.29) is 12.5 Å². The Bertz CT molecular complexity index is 852. The van der Waals surface area contributed by atoms with E-state index < -0.39 is 16.4 Å². The van der Waals surface area contributed by atoms with Crippen LogP contribution < -0.4 is 15.0 Å². The molecule has 1 fully saturated rings. The lowest BCUT2D eigenvalue weighted by atomic mass is 10.2. The zero-order chi connectivity index (χ0) is 20.1. The summed E-state index contributed by atoms with van der Waals surface area (Å²) in [5.74, 6) is -0.220. The number of methoxy groups -OCH3 is 1. The SMILES string of the molecule is COc1ccc(N2CCN(C(=O)CNc3ccc(F)c([N+](=O)[O-])c3)CC2)cc1. The molecule has 1 saturated heterocycles. The van der Waals surface area contributed by atoms with Gasteiger partial charge in [-0.3, -0.25) is 14.9 Å². The van der Waals surface area contributed by atoms with Crippen LogP contribution in [0.3, 0.4) is 0 Å². The fourth-order valence-corrected chi connectivity index (χ4v) is 3.06. The Morgan fingerprint density at radius 2 is 1.86 bits per heavy atom. The summed E-state index contributed by atoms with van der Waals surface area (Å²) in [5.41, 5.74) is 0.786. The van der Waals surface area contributed by atoms with E-state index in [1.54, 1.807) is 12.0 Å². The van der Waals surface area contributed by atoms with Gasteiger partial charge in [0.25, 0.3) is 0 Å². The Balaban J connectivity index is 1.51. The summed E-state index contributed by atoms with van der Waals surface area (Å²) in [6, 6.07) is 11.2. The second-order valence-electron chi connectivity index (χ2n) is 6.34. The van der Waals surface area contributed by atoms with Gasteiger partial charge in [-0.25, -0.2) is 0 Å². The van der Waals surface area contributed by atoms with Gasteiger partial charge >= 0.3 is 5.69 Å². The summed E-state index contributed by atoms with van der Waals surface area (Å²) in [6.07, 6.45) is 0. The van der Waals surface area contributed by atoms with Gasteiger partial charge in [0.1, 0.15) is 5.75 Å². The number of nitro groups is 1. The number of rotatable bonds is 6. The number of benzene rings is 2. The monoisotopic (exact) mass is 388 g/mol. The zero-order valence-corrected chi connectivity index (χ0v) is 15.4. The smallest absolute Gasteiger partial charge is 0.306 e. The average molecular weight is 388 g/mol. The largest absolute Gasteiger partial charge is 0.497 e. The molecule has 0 bridgehead atoms. The van der Waals surface area contributed by atoms with Crippen LogP contribution in [0.15, 0.2) is 42.5 Å². The summed E-state index contributed by atoms with van der Waals surface area (Å²) < 4.78 is 18.5. The molecule has 0 aromatic heterocycles. The first kappa shape index (κ1) is 19.4. The van der Waals surface area contributed by atoms with Crippen LogP contribution in [0.5, 0.6) is 5.75 Å². The summed E-state index contributed by atoms with van der Waals surface area (Å²) >= 11 is 0. The molecule has 0 radical (unpaired) electrons. The van der Waals surface area contributed by atoms with E-state index in [4.69, 9.17) is 4.74 Å². The summed E-state index contributed by atoms with van der Waals surface area (Å²) in [7, 11) is 1.62. The number of carbonyl (C=O) groups excluding carboxylic acids is 1. The van der Waals surface area contributed by atoms with Crippen LogP contribution in [0.25, 0.3) is 0 Å². The van der Waals surface area contributed by atoms with Crippen molar-refractivity contribution in [3.05, 3.63) is 58.4 Å². The molecule has 148 valence electrons. The fourth-order valence-electron chi connectivity index (χ4n) is 3.06. The fraction of sp³-hybridized carbons (Fsp3) is 0.316. The number of hydrogen-bond acceptors (Lipinski definition) is 6. The molecule has 3 rings (SSSR count). The molecule has 8 nitrogen and oxygen atoms in total. The van der Waals surface area contributed by atoms with Crippen molar-refractivity contribution in [2.45, 2.75) is 0 Å². The third-order valence-electron chi connectivity index (χ3n) is 4.66. The zero-order valence-electron chi connectivity index (χ0n) is 15.4. The van der Waals surface area contributed by atoms with Crippen LogP contribution >= 0.6 is 0 Å². The Labute approximate surface area is 161 Å². The first-order valence-electron chi connectivity index (χ1n) is 8.82. The molecule has 1 aliphatic rings. The number of ether oxygens (including phenoxy) is 1. The lowest BCUT2D eigenvalue weighted by Crippen LogP contribution is -2.50. The molecule has 28 heavy (non-hydrogen) atoms. The van der Waals surface area contributed by atoms with Crippen molar-refractivity contribution in [1.82, 2.24) is 4.90 Å². The Morgan fingerprint density at radius 3 is 2.46 bits per heavy atom. The van der Waals surface area contributed by atoms with E-state index in [0.29, 0.717) is 31.9 Å². The summed E-state index contributed by atoms with van der Waals surface area (Å²) in [5, 5.41) is 13.6. The van der Waals surface area contributed by atoms with Crippen LogP contribution in [0.1, 0.15) is 0 Å². The number of anilines is 2. The van der Waals surface area contributed by atoms with E-state index in [2.05, 4.69) is 10.2 Å². The lowest BCUT2D eigenvalue weighted by Gasteiger charge is -2.36. The van der Waals surface area contributed by atoms with E-state index in [1.165, 1.54) is 6.07 Å². The third-order valence-corrected chi connectivity index (χ3v) is 4.66. The van der Waals surface area contributed by atoms with Gasteiger partial charge in [-0.05, 0) is 36.4 Å². The number of nitrogens with zero attached hydrogens (tertiary/aromatic N) is 3. The Kier molecular flexibility index (Phi) is 5.93. The molecular formula is C19H21FN4O4. The van der Waals surface area contributed by atoms with E-state index in [9.17, 15) is 19.3 Å². The second kappa shape index (κ2) is 8.55. The first-order valence-corrected chi connectivity index (χ1v) is 8.82. The topological polar surface area (TPSA) is 88.0 Å². The average Bonchev–Trinajstić information content (AvgIpc) is 2.73. The van der Waals surface area contributed by atoms with Crippen molar-refractivity contribution < 1.29 is 18.8 Å². The van der Waals surface area contributed by atoms with Crippen molar-refractivity contribution >= 4 is 23.0 Å². The molecule has 0 spiro atoms. The second-order valence-corrected chi connectivity index (χ2v) is 6.34. The third kappa shape index (κ3) is 4.48. The number of piperazine rings is 1. The highest BCUT2D eigenvalue weighted by Gasteiger charge is 2.21. The van der Waals surface area contributed by atoms with Gasteiger partial charge < -0.3 is 19.9 Å². The van der Waals surface area contributed by atoms with Crippen LogP contribution in [0.2, 0.25) is 0 Å². The van der Waals surface area contributed by atoms with E-state index >= 15 is 0 Å².